The normalized spacial score (nSPS) is 11.7. The van der Waals surface area contributed by atoms with Crippen molar-refractivity contribution in [3.05, 3.63) is 29.8 Å². The van der Waals surface area contributed by atoms with Gasteiger partial charge < -0.3 is 9.47 Å². The third-order valence-electron chi connectivity index (χ3n) is 2.48. The highest BCUT2D eigenvalue weighted by molar-refractivity contribution is 6.08. The minimum absolute atomic E-state index is 0.239. The molecule has 0 saturated carbocycles. The van der Waals surface area contributed by atoms with Gasteiger partial charge in [0.2, 0.25) is 0 Å². The Kier molecular flexibility index (Phi) is 5.36. The molecule has 4 nitrogen and oxygen atoms in total. The number of benzene rings is 1. The predicted octanol–water partition coefficient (Wildman–Crippen LogP) is 2.47. The number of Topliss-reactive ketones (excluding diaryl/α,β-unsaturated/α-hetero) is 1. The van der Waals surface area contributed by atoms with E-state index in [-0.39, 0.29) is 12.4 Å². The molecule has 0 heterocycles. The van der Waals surface area contributed by atoms with Gasteiger partial charge in [0, 0.05) is 5.56 Å². The van der Waals surface area contributed by atoms with Gasteiger partial charge in [-0.15, -0.1) is 0 Å². The molecule has 1 rings (SSSR count). The van der Waals surface area contributed by atoms with E-state index < -0.39 is 11.9 Å². The Bertz CT molecular complexity index is 408. The second kappa shape index (κ2) is 6.79. The molecule has 0 aliphatic heterocycles. The van der Waals surface area contributed by atoms with Crippen molar-refractivity contribution >= 4 is 11.8 Å². The summed E-state index contributed by atoms with van der Waals surface area (Å²) in [6.45, 7) is 6.01. The van der Waals surface area contributed by atoms with Crippen molar-refractivity contribution in [2.45, 2.75) is 20.8 Å². The molecule has 0 aliphatic carbocycles. The first-order chi connectivity index (χ1) is 8.60. The van der Waals surface area contributed by atoms with Crippen LogP contribution < -0.4 is 4.74 Å². The van der Waals surface area contributed by atoms with Gasteiger partial charge in [0.05, 0.1) is 13.2 Å². The highest BCUT2D eigenvalue weighted by Gasteiger charge is 2.23. The van der Waals surface area contributed by atoms with Gasteiger partial charge in [-0.1, -0.05) is 0 Å². The van der Waals surface area contributed by atoms with Crippen molar-refractivity contribution in [2.24, 2.45) is 5.92 Å². The zero-order valence-corrected chi connectivity index (χ0v) is 10.9. The van der Waals surface area contributed by atoms with Crippen molar-refractivity contribution in [2.75, 3.05) is 13.2 Å². The Morgan fingerprint density at radius 3 is 2.22 bits per heavy atom. The molecule has 1 atom stereocenters. The van der Waals surface area contributed by atoms with Crippen molar-refractivity contribution in [1.82, 2.24) is 0 Å². The van der Waals surface area contributed by atoms with E-state index in [0.717, 1.165) is 0 Å². The van der Waals surface area contributed by atoms with Crippen LogP contribution in [0.2, 0.25) is 0 Å². The Balaban J connectivity index is 2.74. The molecule has 0 aliphatic rings. The molecule has 1 unspecified atom stereocenters. The van der Waals surface area contributed by atoms with Crippen molar-refractivity contribution in [1.29, 1.82) is 0 Å². The summed E-state index contributed by atoms with van der Waals surface area (Å²) in [5.74, 6) is -0.798. The van der Waals surface area contributed by atoms with Crippen LogP contribution in [0, 0.1) is 5.92 Å². The quantitative estimate of drug-likeness (QED) is 0.442. The molecule has 0 saturated heterocycles. The number of rotatable bonds is 6. The first-order valence-electron chi connectivity index (χ1n) is 6.03. The average Bonchev–Trinajstić information content (AvgIpc) is 2.38. The lowest BCUT2D eigenvalue weighted by Gasteiger charge is -2.10. The van der Waals surface area contributed by atoms with E-state index in [1.807, 2.05) is 6.92 Å². The molecule has 98 valence electrons. The summed E-state index contributed by atoms with van der Waals surface area (Å²) in [4.78, 5) is 23.4. The standard InChI is InChI=1S/C14H18O4/c1-4-17-12-8-6-11(7-9-12)13(15)10(3)14(16)18-5-2/h6-10H,4-5H2,1-3H3. The topological polar surface area (TPSA) is 52.6 Å². The first kappa shape index (κ1) is 14.2. The molecule has 4 heteroatoms. The highest BCUT2D eigenvalue weighted by Crippen LogP contribution is 2.16. The zero-order chi connectivity index (χ0) is 13.5. The second-order valence-corrected chi connectivity index (χ2v) is 3.80. The van der Waals surface area contributed by atoms with E-state index >= 15 is 0 Å². The third-order valence-corrected chi connectivity index (χ3v) is 2.48. The van der Waals surface area contributed by atoms with Gasteiger partial charge in [-0.05, 0) is 45.0 Å². The van der Waals surface area contributed by atoms with Gasteiger partial charge in [0.25, 0.3) is 0 Å². The fourth-order valence-corrected chi connectivity index (χ4v) is 1.51. The summed E-state index contributed by atoms with van der Waals surface area (Å²) in [6, 6.07) is 6.75. The largest absolute Gasteiger partial charge is 0.494 e. The van der Waals surface area contributed by atoms with Crippen LogP contribution in [0.3, 0.4) is 0 Å². The molecule has 18 heavy (non-hydrogen) atoms. The number of hydrogen-bond acceptors (Lipinski definition) is 4. The number of ketones is 1. The molecule has 1 aromatic carbocycles. The van der Waals surface area contributed by atoms with Crippen LogP contribution in [0.1, 0.15) is 31.1 Å². The average molecular weight is 250 g/mol. The van der Waals surface area contributed by atoms with Crippen LogP contribution in [0.25, 0.3) is 0 Å². The molecule has 1 aromatic rings. The Hall–Kier alpha value is -1.84. The summed E-state index contributed by atoms with van der Waals surface area (Å²) in [5, 5.41) is 0. The number of hydrogen-bond donors (Lipinski definition) is 0. The van der Waals surface area contributed by atoms with Crippen LogP contribution in [-0.2, 0) is 9.53 Å². The minimum atomic E-state index is -0.775. The molecule has 0 N–H and O–H groups in total. The van der Waals surface area contributed by atoms with Crippen molar-refractivity contribution in [3.63, 3.8) is 0 Å². The van der Waals surface area contributed by atoms with Crippen molar-refractivity contribution < 1.29 is 19.1 Å². The van der Waals surface area contributed by atoms with Crippen LogP contribution in [-0.4, -0.2) is 25.0 Å². The lowest BCUT2D eigenvalue weighted by molar-refractivity contribution is -0.145. The summed E-state index contributed by atoms with van der Waals surface area (Å²) in [5.41, 5.74) is 0.485. The molecule has 0 bridgehead atoms. The Labute approximate surface area is 107 Å². The fraction of sp³-hybridized carbons (Fsp3) is 0.429. The van der Waals surface area contributed by atoms with Gasteiger partial charge in [0.1, 0.15) is 11.7 Å². The minimum Gasteiger partial charge on any atom is -0.494 e. The Morgan fingerprint density at radius 2 is 1.72 bits per heavy atom. The van der Waals surface area contributed by atoms with Gasteiger partial charge >= 0.3 is 5.97 Å². The second-order valence-electron chi connectivity index (χ2n) is 3.80. The van der Waals surface area contributed by atoms with Gasteiger partial charge in [0.15, 0.2) is 5.78 Å². The lowest BCUT2D eigenvalue weighted by Crippen LogP contribution is -2.23. The number of carbonyl (C=O) groups excluding carboxylic acids is 2. The van der Waals surface area contributed by atoms with E-state index in [9.17, 15) is 9.59 Å². The smallest absolute Gasteiger partial charge is 0.316 e. The van der Waals surface area contributed by atoms with Gasteiger partial charge in [-0.2, -0.15) is 0 Å². The number of ether oxygens (including phenoxy) is 2. The predicted molar refractivity (Wildman–Crippen MR) is 67.7 cm³/mol. The summed E-state index contributed by atoms with van der Waals surface area (Å²) < 4.78 is 10.1. The third kappa shape index (κ3) is 3.58. The maximum absolute atomic E-state index is 12.0. The van der Waals surface area contributed by atoms with E-state index in [4.69, 9.17) is 9.47 Å². The van der Waals surface area contributed by atoms with E-state index in [2.05, 4.69) is 0 Å². The molecular formula is C14H18O4. The summed E-state index contributed by atoms with van der Waals surface area (Å²) >= 11 is 0. The molecule has 0 aromatic heterocycles. The van der Waals surface area contributed by atoms with E-state index in [1.54, 1.807) is 38.1 Å². The molecule has 0 fully saturated rings. The summed E-state index contributed by atoms with van der Waals surface area (Å²) in [7, 11) is 0. The SMILES string of the molecule is CCOC(=O)C(C)C(=O)c1ccc(OCC)cc1. The van der Waals surface area contributed by atoms with Crippen LogP contribution in [0.5, 0.6) is 5.75 Å². The maximum atomic E-state index is 12.0. The monoisotopic (exact) mass is 250 g/mol. The Morgan fingerprint density at radius 1 is 1.11 bits per heavy atom. The molecule has 0 spiro atoms. The van der Waals surface area contributed by atoms with Crippen molar-refractivity contribution in [3.8, 4) is 5.75 Å². The highest BCUT2D eigenvalue weighted by atomic mass is 16.5. The molecular weight excluding hydrogens is 232 g/mol. The van der Waals surface area contributed by atoms with Crippen LogP contribution >= 0.6 is 0 Å². The fourth-order valence-electron chi connectivity index (χ4n) is 1.51. The lowest BCUT2D eigenvalue weighted by atomic mass is 9.99. The van der Waals surface area contributed by atoms with Crippen LogP contribution in [0.4, 0.5) is 0 Å². The van der Waals surface area contributed by atoms with Crippen LogP contribution in [0.15, 0.2) is 24.3 Å². The number of carbonyl (C=O) groups is 2. The summed E-state index contributed by atoms with van der Waals surface area (Å²) in [6.07, 6.45) is 0. The van der Waals surface area contributed by atoms with Gasteiger partial charge in [-0.25, -0.2) is 0 Å². The molecule has 0 amide bonds. The first-order valence-corrected chi connectivity index (χ1v) is 6.03. The van der Waals surface area contributed by atoms with Gasteiger partial charge in [-0.3, -0.25) is 9.59 Å². The van der Waals surface area contributed by atoms with E-state index in [0.29, 0.717) is 17.9 Å². The zero-order valence-electron chi connectivity index (χ0n) is 10.9. The molecule has 0 radical (unpaired) electrons. The van der Waals surface area contributed by atoms with E-state index in [1.165, 1.54) is 0 Å². The maximum Gasteiger partial charge on any atom is 0.316 e. The number of esters is 1.